The fourth-order valence-corrected chi connectivity index (χ4v) is 2.60. The van der Waals surface area contributed by atoms with E-state index in [1.54, 1.807) is 0 Å². The molecule has 0 aromatic heterocycles. The molecule has 2 N–H and O–H groups in total. The van der Waals surface area contributed by atoms with Crippen LogP contribution in [0.15, 0.2) is 0 Å². The Bertz CT molecular complexity index is 432. The second-order valence-corrected chi connectivity index (χ2v) is 8.12. The van der Waals surface area contributed by atoms with E-state index in [0.29, 0.717) is 0 Å². The zero-order valence-corrected chi connectivity index (χ0v) is 14.1. The summed E-state index contributed by atoms with van der Waals surface area (Å²) in [5.41, 5.74) is -3.27. The maximum absolute atomic E-state index is 13.4. The molecular formula is C14H22F6O4. The predicted octanol–water partition coefficient (Wildman–Crippen LogP) is 3.36. The van der Waals surface area contributed by atoms with Crippen LogP contribution in [0.5, 0.6) is 0 Å². The van der Waals surface area contributed by atoms with Crippen LogP contribution in [0, 0.1) is 10.8 Å². The minimum Gasteiger partial charge on any atom is -0.356 e. The molecule has 1 saturated heterocycles. The van der Waals surface area contributed by atoms with E-state index < -0.39 is 47.0 Å². The third-order valence-electron chi connectivity index (χ3n) is 3.69. The minimum atomic E-state index is -5.44. The summed E-state index contributed by atoms with van der Waals surface area (Å²) in [6, 6.07) is 0. The summed E-state index contributed by atoms with van der Waals surface area (Å²) >= 11 is 0. The summed E-state index contributed by atoms with van der Waals surface area (Å²) in [4.78, 5) is 0. The first-order chi connectivity index (χ1) is 10.2. The monoisotopic (exact) mass is 368 g/mol. The second-order valence-electron chi connectivity index (χ2n) is 8.12. The fraction of sp³-hybridized carbons (Fsp3) is 1.00. The Morgan fingerprint density at radius 2 is 0.833 bits per heavy atom. The van der Waals surface area contributed by atoms with E-state index >= 15 is 0 Å². The van der Waals surface area contributed by atoms with E-state index in [4.69, 9.17) is 0 Å². The summed E-state index contributed by atoms with van der Waals surface area (Å²) in [5, 5.41) is 20.2. The molecule has 0 aliphatic carbocycles. The molecule has 0 saturated carbocycles. The van der Waals surface area contributed by atoms with Gasteiger partial charge in [-0.3, -0.25) is 0 Å². The number of hydrogen-bond acceptors (Lipinski definition) is 4. The van der Waals surface area contributed by atoms with Gasteiger partial charge in [0.1, 0.15) is 12.2 Å². The maximum atomic E-state index is 13.4. The van der Waals surface area contributed by atoms with Crippen molar-refractivity contribution >= 4 is 0 Å². The van der Waals surface area contributed by atoms with Crippen molar-refractivity contribution in [2.24, 2.45) is 10.8 Å². The van der Waals surface area contributed by atoms with Crippen molar-refractivity contribution in [3.63, 3.8) is 0 Å². The SMILES string of the molecule is CC(C)(C)[C@@H]1O[C@@](O)(C(F)(F)F)[C@H](C(C)(C)C)O[C@]1(O)C(F)(F)F. The van der Waals surface area contributed by atoms with Crippen molar-refractivity contribution in [2.75, 3.05) is 0 Å². The summed E-state index contributed by atoms with van der Waals surface area (Å²) < 4.78 is 89.4. The first-order valence-electron chi connectivity index (χ1n) is 7.12. The molecule has 0 amide bonds. The average molecular weight is 368 g/mol. The van der Waals surface area contributed by atoms with E-state index in [1.165, 1.54) is 0 Å². The van der Waals surface area contributed by atoms with Gasteiger partial charge in [-0.15, -0.1) is 0 Å². The highest BCUT2D eigenvalue weighted by atomic mass is 19.4. The van der Waals surface area contributed by atoms with Gasteiger partial charge in [0.15, 0.2) is 0 Å². The highest BCUT2D eigenvalue weighted by Gasteiger charge is 2.76. The third-order valence-corrected chi connectivity index (χ3v) is 3.69. The Hall–Kier alpha value is -0.580. The van der Waals surface area contributed by atoms with Gasteiger partial charge in [-0.05, 0) is 10.8 Å². The molecule has 1 rings (SSSR count). The molecule has 1 heterocycles. The first kappa shape index (κ1) is 21.5. The summed E-state index contributed by atoms with van der Waals surface area (Å²) in [5.74, 6) is -8.03. The molecule has 144 valence electrons. The lowest BCUT2D eigenvalue weighted by molar-refractivity contribution is -0.534. The van der Waals surface area contributed by atoms with Crippen LogP contribution < -0.4 is 0 Å². The lowest BCUT2D eigenvalue weighted by atomic mass is 9.77. The van der Waals surface area contributed by atoms with Crippen LogP contribution in [0.25, 0.3) is 0 Å². The lowest BCUT2D eigenvalue weighted by Crippen LogP contribution is -2.76. The van der Waals surface area contributed by atoms with E-state index in [2.05, 4.69) is 9.47 Å². The van der Waals surface area contributed by atoms with Crippen LogP contribution in [0.3, 0.4) is 0 Å². The first-order valence-corrected chi connectivity index (χ1v) is 7.12. The summed E-state index contributed by atoms with van der Waals surface area (Å²) in [6.45, 7) is 6.79. The minimum absolute atomic E-state index is 1.13. The smallest absolute Gasteiger partial charge is 0.356 e. The van der Waals surface area contributed by atoms with Gasteiger partial charge in [0.2, 0.25) is 0 Å². The van der Waals surface area contributed by atoms with Crippen molar-refractivity contribution in [3.05, 3.63) is 0 Å². The zero-order valence-electron chi connectivity index (χ0n) is 14.1. The molecule has 0 bridgehead atoms. The normalized spacial score (nSPS) is 36.8. The fourth-order valence-electron chi connectivity index (χ4n) is 2.60. The van der Waals surface area contributed by atoms with Crippen LogP contribution in [-0.2, 0) is 9.47 Å². The standard InChI is InChI=1S/C14H22F6O4/c1-9(2,3)7-11(21,13(15,16)17)24-8(10(4,5)6)12(22,23-7)14(18,19)20/h7-8,21-22H,1-6H3/t7-,8-,11-,12+/m0/s1. The number of halogens is 6. The summed E-state index contributed by atoms with van der Waals surface area (Å²) in [6.07, 6.45) is -15.9. The van der Waals surface area contributed by atoms with Gasteiger partial charge in [-0.1, -0.05) is 41.5 Å². The molecule has 0 aromatic rings. The van der Waals surface area contributed by atoms with Gasteiger partial charge >= 0.3 is 12.4 Å². The largest absolute Gasteiger partial charge is 0.445 e. The molecule has 0 aromatic carbocycles. The molecule has 0 spiro atoms. The van der Waals surface area contributed by atoms with Crippen LogP contribution in [0.2, 0.25) is 0 Å². The third kappa shape index (κ3) is 3.38. The number of rotatable bonds is 0. The molecule has 1 fully saturated rings. The van der Waals surface area contributed by atoms with Gasteiger partial charge < -0.3 is 19.7 Å². The summed E-state index contributed by atoms with van der Waals surface area (Å²) in [7, 11) is 0. The van der Waals surface area contributed by atoms with Crippen molar-refractivity contribution in [1.82, 2.24) is 0 Å². The molecule has 4 atom stereocenters. The Labute approximate surface area is 135 Å². The Morgan fingerprint density at radius 1 is 0.625 bits per heavy atom. The highest BCUT2D eigenvalue weighted by molar-refractivity contribution is 5.05. The van der Waals surface area contributed by atoms with E-state index in [-0.39, 0.29) is 0 Å². The average Bonchev–Trinajstić information content (AvgIpc) is 2.26. The van der Waals surface area contributed by atoms with E-state index in [0.717, 1.165) is 41.5 Å². The topological polar surface area (TPSA) is 58.9 Å². The predicted molar refractivity (Wildman–Crippen MR) is 70.7 cm³/mol. The van der Waals surface area contributed by atoms with Gasteiger partial charge in [0, 0.05) is 0 Å². The number of hydrogen-bond donors (Lipinski definition) is 2. The molecule has 0 unspecified atom stereocenters. The van der Waals surface area contributed by atoms with Crippen molar-refractivity contribution < 1.29 is 46.0 Å². The van der Waals surface area contributed by atoms with Crippen LogP contribution in [-0.4, -0.2) is 46.3 Å². The van der Waals surface area contributed by atoms with Crippen LogP contribution in [0.1, 0.15) is 41.5 Å². The Morgan fingerprint density at radius 3 is 0.958 bits per heavy atom. The maximum Gasteiger partial charge on any atom is 0.445 e. The molecule has 24 heavy (non-hydrogen) atoms. The number of aliphatic hydroxyl groups is 2. The molecular weight excluding hydrogens is 346 g/mol. The molecule has 4 nitrogen and oxygen atoms in total. The van der Waals surface area contributed by atoms with Gasteiger partial charge in [0.05, 0.1) is 0 Å². The number of alkyl halides is 6. The van der Waals surface area contributed by atoms with Crippen LogP contribution in [0.4, 0.5) is 26.3 Å². The Kier molecular flexibility index (Phi) is 4.88. The van der Waals surface area contributed by atoms with Gasteiger partial charge in [0.25, 0.3) is 11.6 Å². The second kappa shape index (κ2) is 5.46. The highest BCUT2D eigenvalue weighted by Crippen LogP contribution is 2.54. The zero-order chi connectivity index (χ0) is 19.6. The molecule has 1 aliphatic heterocycles. The van der Waals surface area contributed by atoms with Crippen LogP contribution >= 0.6 is 0 Å². The molecule has 0 radical (unpaired) electrons. The quantitative estimate of drug-likeness (QED) is 0.644. The van der Waals surface area contributed by atoms with Gasteiger partial charge in [-0.25, -0.2) is 0 Å². The van der Waals surface area contributed by atoms with Crippen molar-refractivity contribution in [3.8, 4) is 0 Å². The van der Waals surface area contributed by atoms with Crippen molar-refractivity contribution in [1.29, 1.82) is 0 Å². The number of ether oxygens (including phenoxy) is 2. The lowest BCUT2D eigenvalue weighted by Gasteiger charge is -2.56. The van der Waals surface area contributed by atoms with E-state index in [1.807, 2.05) is 0 Å². The van der Waals surface area contributed by atoms with E-state index in [9.17, 15) is 36.6 Å². The molecule has 10 heteroatoms. The molecule has 1 aliphatic rings. The van der Waals surface area contributed by atoms with Crippen molar-refractivity contribution in [2.45, 2.75) is 77.7 Å². The van der Waals surface area contributed by atoms with Gasteiger partial charge in [-0.2, -0.15) is 26.3 Å². The Balaban J connectivity index is 3.62.